The summed E-state index contributed by atoms with van der Waals surface area (Å²) in [5.41, 5.74) is 4.67. The van der Waals surface area contributed by atoms with E-state index in [4.69, 9.17) is 0 Å². The number of nitrogens with zero attached hydrogens (tertiary/aromatic N) is 1. The summed E-state index contributed by atoms with van der Waals surface area (Å²) in [7, 11) is 0. The fourth-order valence-corrected chi connectivity index (χ4v) is 3.03. The molecule has 1 heterocycles. The number of benzene rings is 2. The molecule has 0 amide bonds. The van der Waals surface area contributed by atoms with Gasteiger partial charge in [-0.2, -0.15) is 0 Å². The van der Waals surface area contributed by atoms with Gasteiger partial charge in [0.1, 0.15) is 0 Å². The number of hydrogen-bond acceptors (Lipinski definition) is 1. The third-order valence-corrected chi connectivity index (χ3v) is 4.47. The zero-order valence-electron chi connectivity index (χ0n) is 14.1. The quantitative estimate of drug-likeness (QED) is 0.661. The van der Waals surface area contributed by atoms with Crippen molar-refractivity contribution in [3.05, 3.63) is 106 Å². The summed E-state index contributed by atoms with van der Waals surface area (Å²) < 4.78 is 1.80. The van der Waals surface area contributed by atoms with Crippen LogP contribution in [0.1, 0.15) is 28.7 Å². The van der Waals surface area contributed by atoms with E-state index in [9.17, 15) is 4.79 Å². The molecule has 0 aliphatic heterocycles. The van der Waals surface area contributed by atoms with Gasteiger partial charge in [-0.25, -0.2) is 0 Å². The van der Waals surface area contributed by atoms with Gasteiger partial charge < -0.3 is 4.57 Å². The van der Waals surface area contributed by atoms with Gasteiger partial charge in [-0.3, -0.25) is 4.79 Å². The lowest BCUT2D eigenvalue weighted by Crippen LogP contribution is -2.23. The smallest absolute Gasteiger partial charge is 0.254 e. The van der Waals surface area contributed by atoms with Crippen molar-refractivity contribution in [1.29, 1.82) is 0 Å². The fourth-order valence-electron chi connectivity index (χ4n) is 3.03. The number of hydrogen-bond donors (Lipinski definition) is 0. The number of aryl methyl sites for hydroxylation is 2. The van der Waals surface area contributed by atoms with Crippen LogP contribution in [0.3, 0.4) is 0 Å². The van der Waals surface area contributed by atoms with Gasteiger partial charge >= 0.3 is 0 Å². The van der Waals surface area contributed by atoms with Crippen molar-refractivity contribution >= 4 is 0 Å². The Morgan fingerprint density at radius 2 is 1.42 bits per heavy atom. The minimum Gasteiger partial charge on any atom is -0.311 e. The first-order chi connectivity index (χ1) is 11.7. The van der Waals surface area contributed by atoms with Crippen molar-refractivity contribution in [3.63, 3.8) is 0 Å². The van der Waals surface area contributed by atoms with Gasteiger partial charge in [-0.05, 0) is 48.9 Å². The first-order valence-corrected chi connectivity index (χ1v) is 8.51. The molecule has 122 valence electrons. The van der Waals surface area contributed by atoms with E-state index in [1.165, 1.54) is 11.1 Å². The highest BCUT2D eigenvalue weighted by atomic mass is 16.1. The Morgan fingerprint density at radius 1 is 0.792 bits per heavy atom. The Morgan fingerprint density at radius 3 is 2.08 bits per heavy atom. The Hall–Kier alpha value is -2.61. The molecule has 2 nitrogen and oxygen atoms in total. The van der Waals surface area contributed by atoms with Crippen LogP contribution >= 0.6 is 0 Å². The van der Waals surface area contributed by atoms with Crippen LogP contribution in [0, 0.1) is 6.92 Å². The molecule has 0 atom stereocenters. The lowest BCUT2D eigenvalue weighted by molar-refractivity contribution is 0.736. The Labute approximate surface area is 143 Å². The second-order valence-corrected chi connectivity index (χ2v) is 6.22. The van der Waals surface area contributed by atoms with Crippen molar-refractivity contribution in [2.24, 2.45) is 0 Å². The monoisotopic (exact) mass is 317 g/mol. The van der Waals surface area contributed by atoms with Crippen LogP contribution in [0.2, 0.25) is 0 Å². The normalized spacial score (nSPS) is 10.7. The molecular weight excluding hydrogens is 294 g/mol. The molecule has 0 fully saturated rings. The summed E-state index contributed by atoms with van der Waals surface area (Å²) >= 11 is 0. The molecule has 0 saturated heterocycles. The number of aromatic nitrogens is 1. The third-order valence-electron chi connectivity index (χ3n) is 4.47. The van der Waals surface area contributed by atoms with Crippen LogP contribution in [0.25, 0.3) is 0 Å². The van der Waals surface area contributed by atoms with E-state index in [0.717, 1.165) is 30.4 Å². The van der Waals surface area contributed by atoms with Gasteiger partial charge in [0, 0.05) is 11.8 Å². The lowest BCUT2D eigenvalue weighted by Gasteiger charge is -2.11. The first-order valence-electron chi connectivity index (χ1n) is 8.51. The fraction of sp³-hybridized carbons (Fsp3) is 0.227. The van der Waals surface area contributed by atoms with Crippen LogP contribution in [-0.4, -0.2) is 4.57 Å². The second kappa shape index (κ2) is 7.78. The Balaban J connectivity index is 1.67. The van der Waals surface area contributed by atoms with E-state index in [1.54, 1.807) is 4.57 Å². The molecule has 0 radical (unpaired) electrons. The molecule has 0 saturated carbocycles. The van der Waals surface area contributed by atoms with Crippen molar-refractivity contribution in [1.82, 2.24) is 4.57 Å². The van der Waals surface area contributed by atoms with Gasteiger partial charge in [0.2, 0.25) is 0 Å². The molecular formula is C22H23NO. The van der Waals surface area contributed by atoms with E-state index < -0.39 is 0 Å². The molecule has 0 aliphatic carbocycles. The molecule has 0 unspecified atom stereocenters. The topological polar surface area (TPSA) is 22.0 Å². The molecule has 0 N–H and O–H groups in total. The maximum absolute atomic E-state index is 12.6. The van der Waals surface area contributed by atoms with Crippen molar-refractivity contribution in [2.75, 3.05) is 0 Å². The van der Waals surface area contributed by atoms with Crippen LogP contribution in [0.4, 0.5) is 0 Å². The molecule has 3 aromatic rings. The van der Waals surface area contributed by atoms with E-state index in [-0.39, 0.29) is 5.56 Å². The maximum atomic E-state index is 12.6. The van der Waals surface area contributed by atoms with Crippen molar-refractivity contribution in [2.45, 2.75) is 32.7 Å². The van der Waals surface area contributed by atoms with Crippen LogP contribution in [0.5, 0.6) is 0 Å². The molecule has 2 heteroatoms. The summed E-state index contributed by atoms with van der Waals surface area (Å²) in [6.45, 7) is 2.58. The third kappa shape index (κ3) is 4.02. The predicted octanol–water partition coefficient (Wildman–Crippen LogP) is 4.38. The Kier molecular flexibility index (Phi) is 5.27. The van der Waals surface area contributed by atoms with E-state index in [0.29, 0.717) is 6.54 Å². The van der Waals surface area contributed by atoms with E-state index in [1.807, 2.05) is 37.4 Å². The first kappa shape index (κ1) is 16.3. The van der Waals surface area contributed by atoms with Crippen molar-refractivity contribution in [3.8, 4) is 0 Å². The molecule has 0 aliphatic rings. The predicted molar refractivity (Wildman–Crippen MR) is 99.5 cm³/mol. The van der Waals surface area contributed by atoms with Crippen LogP contribution < -0.4 is 5.56 Å². The Bertz CT molecular complexity index is 835. The highest BCUT2D eigenvalue weighted by Gasteiger charge is 2.06. The molecule has 0 bridgehead atoms. The highest BCUT2D eigenvalue weighted by Crippen LogP contribution is 2.11. The van der Waals surface area contributed by atoms with E-state index >= 15 is 0 Å². The SMILES string of the molecule is Cc1c(CCCc2ccccc2)ccn(Cc2ccccc2)c1=O. The zero-order chi connectivity index (χ0) is 16.8. The van der Waals surface area contributed by atoms with Crippen molar-refractivity contribution < 1.29 is 0 Å². The molecule has 1 aromatic heterocycles. The maximum Gasteiger partial charge on any atom is 0.254 e. The summed E-state index contributed by atoms with van der Waals surface area (Å²) in [5, 5.41) is 0. The van der Waals surface area contributed by atoms with Crippen LogP contribution in [-0.2, 0) is 19.4 Å². The number of pyridine rings is 1. The summed E-state index contributed by atoms with van der Waals surface area (Å²) in [6.07, 6.45) is 4.99. The van der Waals surface area contributed by atoms with Crippen LogP contribution in [0.15, 0.2) is 77.7 Å². The largest absolute Gasteiger partial charge is 0.311 e. The molecule has 0 spiro atoms. The van der Waals surface area contributed by atoms with Gasteiger partial charge in [0.25, 0.3) is 5.56 Å². The summed E-state index contributed by atoms with van der Waals surface area (Å²) in [4.78, 5) is 12.6. The minimum absolute atomic E-state index is 0.121. The average Bonchev–Trinajstić information content (AvgIpc) is 2.63. The highest BCUT2D eigenvalue weighted by molar-refractivity contribution is 5.24. The number of rotatable bonds is 6. The average molecular weight is 317 g/mol. The van der Waals surface area contributed by atoms with Gasteiger partial charge in [-0.1, -0.05) is 60.7 Å². The molecule has 24 heavy (non-hydrogen) atoms. The standard InChI is InChI=1S/C22H23NO/c1-18-21(14-8-13-19-9-4-2-5-10-19)15-16-23(22(18)24)17-20-11-6-3-7-12-20/h2-7,9-12,15-16H,8,13-14,17H2,1H3. The zero-order valence-corrected chi connectivity index (χ0v) is 14.1. The molecule has 2 aromatic carbocycles. The molecule has 3 rings (SSSR count). The summed E-state index contributed by atoms with van der Waals surface area (Å²) in [6, 6.07) is 22.7. The second-order valence-electron chi connectivity index (χ2n) is 6.22. The minimum atomic E-state index is 0.121. The lowest BCUT2D eigenvalue weighted by atomic mass is 10.0. The van der Waals surface area contributed by atoms with Gasteiger partial charge in [-0.15, -0.1) is 0 Å². The van der Waals surface area contributed by atoms with Gasteiger partial charge in [0.15, 0.2) is 0 Å². The van der Waals surface area contributed by atoms with Gasteiger partial charge in [0.05, 0.1) is 6.54 Å². The summed E-state index contributed by atoms with van der Waals surface area (Å²) in [5.74, 6) is 0. The van der Waals surface area contributed by atoms with E-state index in [2.05, 4.69) is 42.5 Å².